The number of para-hydroxylation sites is 1. The molecule has 0 spiro atoms. The van der Waals surface area contributed by atoms with Crippen LogP contribution < -0.4 is 0 Å². The fourth-order valence-corrected chi connectivity index (χ4v) is 2.86. The molecule has 0 atom stereocenters. The number of furan rings is 1. The molecule has 0 amide bonds. The van der Waals surface area contributed by atoms with Crippen LogP contribution in [-0.4, -0.2) is 0 Å². The molecule has 122 valence electrons. The Morgan fingerprint density at radius 2 is 1.72 bits per heavy atom. The van der Waals surface area contributed by atoms with E-state index in [1.54, 1.807) is 0 Å². The Morgan fingerprint density at radius 1 is 0.920 bits per heavy atom. The molecule has 0 unspecified atom stereocenters. The SMILES string of the molecule is [CH2-]c1ccc(C#Cc2cccc(C)c2)c2oc3ccccc3c12.[CH3-].[W+2]. The van der Waals surface area contributed by atoms with Gasteiger partial charge in [-0.05, 0) is 36.1 Å². The molecule has 0 bridgehead atoms. The monoisotopic (exact) mass is 494 g/mol. The smallest absolute Gasteiger partial charge is 0.469 e. The molecule has 0 aliphatic carbocycles. The standard InChI is InChI=1S/C22H15O.CH3.W/c1-15-6-5-7-17(14-15)11-13-18-12-10-16(2)21-19-8-3-4-9-20(19)23-22(18)21;;/h3-10,12,14H,2H2,1H3;1H3;/q2*-1;+2. The number of rotatable bonds is 0. The molecule has 1 heterocycles. The van der Waals surface area contributed by atoms with Gasteiger partial charge in [0.2, 0.25) is 0 Å². The minimum atomic E-state index is 0. The molecule has 0 radical (unpaired) electrons. The van der Waals surface area contributed by atoms with Crippen molar-refractivity contribution in [3.05, 3.63) is 97.3 Å². The van der Waals surface area contributed by atoms with Crippen molar-refractivity contribution in [2.45, 2.75) is 6.92 Å². The fourth-order valence-electron chi connectivity index (χ4n) is 2.86. The van der Waals surface area contributed by atoms with Crippen LogP contribution in [0.25, 0.3) is 21.9 Å². The summed E-state index contributed by atoms with van der Waals surface area (Å²) in [5.74, 6) is 6.48. The first-order chi connectivity index (χ1) is 11.2. The van der Waals surface area contributed by atoms with Crippen molar-refractivity contribution in [2.75, 3.05) is 0 Å². The zero-order valence-electron chi connectivity index (χ0n) is 14.3. The summed E-state index contributed by atoms with van der Waals surface area (Å²) >= 11 is 0. The van der Waals surface area contributed by atoms with Gasteiger partial charge < -0.3 is 11.8 Å². The van der Waals surface area contributed by atoms with E-state index in [1.807, 2.05) is 42.5 Å². The van der Waals surface area contributed by atoms with Gasteiger partial charge in [0.05, 0.1) is 5.58 Å². The Labute approximate surface area is 163 Å². The summed E-state index contributed by atoms with van der Waals surface area (Å²) in [6, 6.07) is 20.2. The van der Waals surface area contributed by atoms with Crippen LogP contribution in [0.15, 0.2) is 65.1 Å². The Hall–Kier alpha value is -2.42. The predicted octanol–water partition coefficient (Wildman–Crippen LogP) is 5.92. The van der Waals surface area contributed by atoms with E-state index in [0.29, 0.717) is 0 Å². The zero-order chi connectivity index (χ0) is 15.8. The van der Waals surface area contributed by atoms with E-state index < -0.39 is 0 Å². The third-order valence-electron chi connectivity index (χ3n) is 3.97. The number of hydrogen-bond acceptors (Lipinski definition) is 1. The van der Waals surface area contributed by atoms with Crippen LogP contribution in [0.1, 0.15) is 22.3 Å². The number of aryl methyl sites for hydroxylation is 1. The second-order valence-electron chi connectivity index (χ2n) is 5.69. The molecular formula is C23H18OW. The summed E-state index contributed by atoms with van der Waals surface area (Å²) in [7, 11) is 0. The van der Waals surface area contributed by atoms with E-state index >= 15 is 0 Å². The minimum Gasteiger partial charge on any atom is -0.469 e. The predicted molar refractivity (Wildman–Crippen MR) is 102 cm³/mol. The van der Waals surface area contributed by atoms with Crippen molar-refractivity contribution in [2.24, 2.45) is 0 Å². The van der Waals surface area contributed by atoms with Gasteiger partial charge in [-0.15, -0.1) is 0 Å². The Balaban J connectivity index is 0.00000113. The molecule has 0 N–H and O–H groups in total. The maximum atomic E-state index is 6.03. The molecule has 0 saturated heterocycles. The third-order valence-corrected chi connectivity index (χ3v) is 3.97. The second-order valence-corrected chi connectivity index (χ2v) is 5.69. The summed E-state index contributed by atoms with van der Waals surface area (Å²) in [6.07, 6.45) is 0. The molecule has 0 saturated carbocycles. The average molecular weight is 494 g/mol. The Kier molecular flexibility index (Phi) is 5.78. The maximum absolute atomic E-state index is 6.03. The van der Waals surface area contributed by atoms with E-state index in [-0.39, 0.29) is 28.5 Å². The van der Waals surface area contributed by atoms with Crippen LogP contribution in [0.5, 0.6) is 0 Å². The largest absolute Gasteiger partial charge is 2.00 e. The first kappa shape index (κ1) is 18.9. The zero-order valence-corrected chi connectivity index (χ0v) is 17.2. The summed E-state index contributed by atoms with van der Waals surface area (Å²) in [5, 5.41) is 2.14. The minimum absolute atomic E-state index is 0. The van der Waals surface area contributed by atoms with Crippen molar-refractivity contribution in [3.8, 4) is 11.8 Å². The van der Waals surface area contributed by atoms with Gasteiger partial charge in [-0.2, -0.15) is 18.6 Å². The molecule has 0 fully saturated rings. The van der Waals surface area contributed by atoms with E-state index in [4.69, 9.17) is 4.42 Å². The molecule has 4 rings (SSSR count). The van der Waals surface area contributed by atoms with Gasteiger partial charge in [0.1, 0.15) is 5.58 Å². The first-order valence-corrected chi connectivity index (χ1v) is 7.57. The van der Waals surface area contributed by atoms with E-state index in [0.717, 1.165) is 38.6 Å². The van der Waals surface area contributed by atoms with Crippen LogP contribution in [0, 0.1) is 33.1 Å². The van der Waals surface area contributed by atoms with Crippen molar-refractivity contribution in [1.82, 2.24) is 0 Å². The van der Waals surface area contributed by atoms with E-state index in [1.165, 1.54) is 5.56 Å². The topological polar surface area (TPSA) is 13.1 Å². The number of hydrogen-bond donors (Lipinski definition) is 0. The molecule has 1 nitrogen and oxygen atoms in total. The van der Waals surface area contributed by atoms with Gasteiger partial charge in [-0.3, -0.25) is 0 Å². The molecular weight excluding hydrogens is 476 g/mol. The first-order valence-electron chi connectivity index (χ1n) is 7.57. The van der Waals surface area contributed by atoms with Gasteiger partial charge in [-0.1, -0.05) is 53.6 Å². The molecule has 0 aliphatic rings. The van der Waals surface area contributed by atoms with Gasteiger partial charge in [-0.25, -0.2) is 0 Å². The Morgan fingerprint density at radius 3 is 2.52 bits per heavy atom. The average Bonchev–Trinajstić information content (AvgIpc) is 2.95. The van der Waals surface area contributed by atoms with Crippen LogP contribution in [-0.2, 0) is 21.1 Å². The van der Waals surface area contributed by atoms with E-state index in [9.17, 15) is 0 Å². The van der Waals surface area contributed by atoms with Crippen molar-refractivity contribution < 1.29 is 25.5 Å². The van der Waals surface area contributed by atoms with Crippen LogP contribution >= 0.6 is 0 Å². The molecule has 25 heavy (non-hydrogen) atoms. The summed E-state index contributed by atoms with van der Waals surface area (Å²) in [4.78, 5) is 0. The van der Waals surface area contributed by atoms with E-state index in [2.05, 4.69) is 43.9 Å². The Bertz CT molecular complexity index is 1090. The number of fused-ring (bicyclic) bond motifs is 3. The van der Waals surface area contributed by atoms with Crippen LogP contribution in [0.2, 0.25) is 0 Å². The van der Waals surface area contributed by atoms with Crippen molar-refractivity contribution >= 4 is 21.9 Å². The molecule has 3 aromatic carbocycles. The normalized spacial score (nSPS) is 9.80. The fraction of sp³-hybridized carbons (Fsp3) is 0.0435. The van der Waals surface area contributed by atoms with Crippen molar-refractivity contribution in [1.29, 1.82) is 0 Å². The molecule has 1 aromatic heterocycles. The summed E-state index contributed by atoms with van der Waals surface area (Å²) < 4.78 is 6.03. The van der Waals surface area contributed by atoms with Crippen LogP contribution in [0.4, 0.5) is 0 Å². The van der Waals surface area contributed by atoms with Gasteiger partial charge in [0, 0.05) is 11.1 Å². The van der Waals surface area contributed by atoms with Crippen LogP contribution in [0.3, 0.4) is 0 Å². The molecule has 2 heteroatoms. The van der Waals surface area contributed by atoms with Crippen molar-refractivity contribution in [3.63, 3.8) is 0 Å². The van der Waals surface area contributed by atoms with Gasteiger partial charge in [0.25, 0.3) is 0 Å². The maximum Gasteiger partial charge on any atom is 2.00 e. The van der Waals surface area contributed by atoms with Gasteiger partial charge in [0.15, 0.2) is 0 Å². The number of benzene rings is 3. The molecule has 0 aliphatic heterocycles. The van der Waals surface area contributed by atoms with Gasteiger partial charge >= 0.3 is 21.1 Å². The third kappa shape index (κ3) is 3.50. The summed E-state index contributed by atoms with van der Waals surface area (Å²) in [6.45, 7) is 6.20. The summed E-state index contributed by atoms with van der Waals surface area (Å²) in [5.41, 5.74) is 5.76. The quantitative estimate of drug-likeness (QED) is 0.219. The second kappa shape index (κ2) is 7.64. The molecule has 4 aromatic rings.